The molecule has 0 aliphatic carbocycles. The number of hydrogen-bond donors (Lipinski definition) is 1. The van der Waals surface area contributed by atoms with Gasteiger partial charge in [-0.2, -0.15) is 0 Å². The van der Waals surface area contributed by atoms with Gasteiger partial charge in [-0.25, -0.2) is 0 Å². The zero-order chi connectivity index (χ0) is 15.1. The molecule has 0 amide bonds. The number of rotatable bonds is 8. The summed E-state index contributed by atoms with van der Waals surface area (Å²) in [6, 6.07) is 6.00. The highest BCUT2D eigenvalue weighted by molar-refractivity contribution is 9.10. The zero-order valence-electron chi connectivity index (χ0n) is 12.3. The second-order valence-electron chi connectivity index (χ2n) is 4.69. The number of ether oxygens (including phenoxy) is 2. The van der Waals surface area contributed by atoms with Crippen LogP contribution in [0.1, 0.15) is 24.5 Å². The molecule has 0 unspecified atom stereocenters. The van der Waals surface area contributed by atoms with Gasteiger partial charge < -0.3 is 19.2 Å². The van der Waals surface area contributed by atoms with Crippen LogP contribution in [0, 0.1) is 0 Å². The van der Waals surface area contributed by atoms with E-state index in [0.29, 0.717) is 6.61 Å². The molecule has 5 heteroatoms. The van der Waals surface area contributed by atoms with E-state index in [9.17, 15) is 0 Å². The van der Waals surface area contributed by atoms with Gasteiger partial charge in [0.15, 0.2) is 11.5 Å². The highest BCUT2D eigenvalue weighted by Crippen LogP contribution is 2.36. The van der Waals surface area contributed by atoms with Gasteiger partial charge in [0, 0.05) is 18.7 Å². The van der Waals surface area contributed by atoms with Crippen molar-refractivity contribution in [1.29, 1.82) is 0 Å². The Morgan fingerprint density at radius 1 is 1.24 bits per heavy atom. The van der Waals surface area contributed by atoms with E-state index in [1.807, 2.05) is 12.1 Å². The van der Waals surface area contributed by atoms with Gasteiger partial charge in [0.05, 0.1) is 30.7 Å². The number of hydrogen-bond acceptors (Lipinski definition) is 4. The molecule has 1 heterocycles. The second-order valence-corrected chi connectivity index (χ2v) is 5.55. The highest BCUT2D eigenvalue weighted by atomic mass is 79.9. The van der Waals surface area contributed by atoms with E-state index in [2.05, 4.69) is 34.2 Å². The lowest BCUT2D eigenvalue weighted by Gasteiger charge is -2.14. The lowest BCUT2D eigenvalue weighted by molar-refractivity contribution is 0.292. The molecule has 114 valence electrons. The summed E-state index contributed by atoms with van der Waals surface area (Å²) in [6.07, 6.45) is 4.38. The summed E-state index contributed by atoms with van der Waals surface area (Å²) in [6.45, 7) is 4.26. The molecule has 2 rings (SSSR count). The summed E-state index contributed by atoms with van der Waals surface area (Å²) in [4.78, 5) is 0. The van der Waals surface area contributed by atoms with E-state index in [0.717, 1.165) is 46.6 Å². The molecular formula is C16H20BrNO3. The van der Waals surface area contributed by atoms with Crippen LogP contribution in [0.2, 0.25) is 0 Å². The Hall–Kier alpha value is -1.46. The molecule has 2 aromatic rings. The predicted molar refractivity (Wildman–Crippen MR) is 85.7 cm³/mol. The number of halogens is 1. The molecule has 1 aromatic heterocycles. The fraction of sp³-hybridized carbons (Fsp3) is 0.375. The van der Waals surface area contributed by atoms with Crippen LogP contribution in [0.4, 0.5) is 0 Å². The van der Waals surface area contributed by atoms with Crippen molar-refractivity contribution in [1.82, 2.24) is 5.32 Å². The van der Waals surface area contributed by atoms with Crippen molar-refractivity contribution in [2.45, 2.75) is 26.4 Å². The summed E-state index contributed by atoms with van der Waals surface area (Å²) in [7, 11) is 1.66. The molecule has 1 N–H and O–H groups in total. The van der Waals surface area contributed by atoms with Crippen molar-refractivity contribution in [3.63, 3.8) is 0 Å². The van der Waals surface area contributed by atoms with Gasteiger partial charge in [0.25, 0.3) is 0 Å². The first kappa shape index (κ1) is 15.9. The Bertz CT molecular complexity index is 555. The molecule has 0 bridgehead atoms. The van der Waals surface area contributed by atoms with Crippen molar-refractivity contribution in [2.75, 3.05) is 13.7 Å². The predicted octanol–water partition coefficient (Wildman–Crippen LogP) is 4.13. The van der Waals surface area contributed by atoms with Gasteiger partial charge >= 0.3 is 0 Å². The monoisotopic (exact) mass is 353 g/mol. The molecule has 0 saturated carbocycles. The summed E-state index contributed by atoms with van der Waals surface area (Å²) in [5.74, 6) is 1.51. The maximum Gasteiger partial charge on any atom is 0.175 e. The fourth-order valence-electron chi connectivity index (χ4n) is 1.96. The van der Waals surface area contributed by atoms with Crippen LogP contribution in [0.25, 0.3) is 0 Å². The largest absolute Gasteiger partial charge is 0.493 e. The van der Waals surface area contributed by atoms with Gasteiger partial charge in [0.2, 0.25) is 0 Å². The molecule has 0 fully saturated rings. The van der Waals surface area contributed by atoms with E-state index >= 15 is 0 Å². The average molecular weight is 354 g/mol. The van der Waals surface area contributed by atoms with Crippen molar-refractivity contribution in [3.8, 4) is 11.5 Å². The molecular weight excluding hydrogens is 334 g/mol. The van der Waals surface area contributed by atoms with E-state index in [-0.39, 0.29) is 0 Å². The fourth-order valence-corrected chi connectivity index (χ4v) is 2.57. The first-order valence-electron chi connectivity index (χ1n) is 6.95. The number of nitrogens with one attached hydrogen (secondary N) is 1. The zero-order valence-corrected chi connectivity index (χ0v) is 13.9. The highest BCUT2D eigenvalue weighted by Gasteiger charge is 2.11. The van der Waals surface area contributed by atoms with E-state index in [1.165, 1.54) is 0 Å². The molecule has 21 heavy (non-hydrogen) atoms. The maximum absolute atomic E-state index is 5.72. The summed E-state index contributed by atoms with van der Waals surface area (Å²) in [5.41, 5.74) is 2.26. The van der Waals surface area contributed by atoms with Crippen LogP contribution in [-0.2, 0) is 13.1 Å². The average Bonchev–Trinajstić information content (AvgIpc) is 2.99. The lowest BCUT2D eigenvalue weighted by atomic mass is 10.2. The topological polar surface area (TPSA) is 43.6 Å². The first-order chi connectivity index (χ1) is 10.2. The Labute approximate surface area is 133 Å². The van der Waals surface area contributed by atoms with Crippen LogP contribution in [0.3, 0.4) is 0 Å². The quantitative estimate of drug-likeness (QED) is 0.774. The van der Waals surface area contributed by atoms with E-state index in [4.69, 9.17) is 13.9 Å². The minimum Gasteiger partial charge on any atom is -0.493 e. The molecule has 0 atom stereocenters. The number of methoxy groups -OCH3 is 1. The normalized spacial score (nSPS) is 10.6. The van der Waals surface area contributed by atoms with Crippen LogP contribution in [-0.4, -0.2) is 13.7 Å². The van der Waals surface area contributed by atoms with Crippen LogP contribution in [0.15, 0.2) is 39.6 Å². The molecule has 4 nitrogen and oxygen atoms in total. The molecule has 0 saturated heterocycles. The van der Waals surface area contributed by atoms with Gasteiger partial charge in [-0.3, -0.25) is 0 Å². The summed E-state index contributed by atoms with van der Waals surface area (Å²) in [5, 5.41) is 3.37. The molecule has 0 radical (unpaired) electrons. The Kier molecular flexibility index (Phi) is 6.14. The van der Waals surface area contributed by atoms with Gasteiger partial charge in [-0.05, 0) is 46.1 Å². The Morgan fingerprint density at radius 3 is 2.71 bits per heavy atom. The van der Waals surface area contributed by atoms with Crippen molar-refractivity contribution < 1.29 is 13.9 Å². The molecule has 1 aromatic carbocycles. The number of benzene rings is 1. The lowest BCUT2D eigenvalue weighted by Crippen LogP contribution is -2.12. The first-order valence-corrected chi connectivity index (χ1v) is 7.75. The van der Waals surface area contributed by atoms with Crippen molar-refractivity contribution in [2.24, 2.45) is 0 Å². The van der Waals surface area contributed by atoms with Gasteiger partial charge in [0.1, 0.15) is 0 Å². The molecule has 0 spiro atoms. The van der Waals surface area contributed by atoms with Crippen LogP contribution < -0.4 is 14.8 Å². The Morgan fingerprint density at radius 2 is 2.05 bits per heavy atom. The standard InChI is InChI=1S/C16H20BrNO3/c1-3-5-21-16-14(17)7-13(8-15(16)19-2)10-18-9-12-4-6-20-11-12/h4,6-8,11,18H,3,5,9-10H2,1-2H3. The smallest absolute Gasteiger partial charge is 0.175 e. The third kappa shape index (κ3) is 4.51. The summed E-state index contributed by atoms with van der Waals surface area (Å²) >= 11 is 3.55. The van der Waals surface area contributed by atoms with Crippen molar-refractivity contribution >= 4 is 15.9 Å². The second kappa shape index (κ2) is 8.10. The summed E-state index contributed by atoms with van der Waals surface area (Å²) < 4.78 is 17.1. The number of furan rings is 1. The Balaban J connectivity index is 2.01. The van der Waals surface area contributed by atoms with E-state index in [1.54, 1.807) is 19.6 Å². The van der Waals surface area contributed by atoms with Gasteiger partial charge in [-0.15, -0.1) is 0 Å². The van der Waals surface area contributed by atoms with Crippen LogP contribution >= 0.6 is 15.9 Å². The SMILES string of the molecule is CCCOc1c(Br)cc(CNCc2ccoc2)cc1OC. The maximum atomic E-state index is 5.72. The van der Waals surface area contributed by atoms with Crippen molar-refractivity contribution in [3.05, 3.63) is 46.3 Å². The van der Waals surface area contributed by atoms with Crippen LogP contribution in [0.5, 0.6) is 11.5 Å². The third-order valence-electron chi connectivity index (χ3n) is 2.98. The minimum atomic E-state index is 0.674. The minimum absolute atomic E-state index is 0.674. The molecule has 0 aliphatic rings. The third-order valence-corrected chi connectivity index (χ3v) is 3.57. The van der Waals surface area contributed by atoms with Gasteiger partial charge in [-0.1, -0.05) is 6.92 Å². The van der Waals surface area contributed by atoms with E-state index < -0.39 is 0 Å². The molecule has 0 aliphatic heterocycles.